The van der Waals surface area contributed by atoms with E-state index in [1.807, 2.05) is 0 Å². The topological polar surface area (TPSA) is 89.0 Å². The zero-order chi connectivity index (χ0) is 16.9. The van der Waals surface area contributed by atoms with Gasteiger partial charge in [0.15, 0.2) is 14.2 Å². The first-order valence-corrected chi connectivity index (χ1v) is 10.3. The molecule has 0 saturated heterocycles. The van der Waals surface area contributed by atoms with Crippen molar-refractivity contribution in [2.75, 3.05) is 11.1 Å². The van der Waals surface area contributed by atoms with E-state index in [0.717, 1.165) is 10.8 Å². The van der Waals surface area contributed by atoms with Gasteiger partial charge in [0.2, 0.25) is 11.0 Å². The molecule has 0 spiro atoms. The number of hydrogen-bond acceptors (Lipinski definition) is 7. The minimum absolute atomic E-state index is 0.125. The summed E-state index contributed by atoms with van der Waals surface area (Å²) in [6.45, 7) is 4.16. The predicted molar refractivity (Wildman–Crippen MR) is 92.6 cm³/mol. The molecule has 2 rings (SSSR count). The number of thioether (sulfide) groups is 1. The Kier molecular flexibility index (Phi) is 6.14. The van der Waals surface area contributed by atoms with Crippen molar-refractivity contribution in [3.05, 3.63) is 30.3 Å². The summed E-state index contributed by atoms with van der Waals surface area (Å²) >= 11 is 2.82. The van der Waals surface area contributed by atoms with Gasteiger partial charge in [0.25, 0.3) is 0 Å². The lowest BCUT2D eigenvalue weighted by atomic mass is 10.4. The quantitative estimate of drug-likeness (QED) is 0.595. The van der Waals surface area contributed by atoms with Crippen LogP contribution in [-0.2, 0) is 14.6 Å². The van der Waals surface area contributed by atoms with Gasteiger partial charge in [-0.3, -0.25) is 10.1 Å². The second-order valence-corrected chi connectivity index (χ2v) is 9.48. The molecule has 1 atom stereocenters. The minimum atomic E-state index is -3.66. The highest BCUT2D eigenvalue weighted by molar-refractivity contribution is 8.01. The van der Waals surface area contributed by atoms with Crippen LogP contribution in [0.5, 0.6) is 0 Å². The Balaban J connectivity index is 1.97. The summed E-state index contributed by atoms with van der Waals surface area (Å²) in [4.78, 5) is 12.1. The molecule has 124 valence electrons. The highest BCUT2D eigenvalue weighted by atomic mass is 32.2. The van der Waals surface area contributed by atoms with Gasteiger partial charge < -0.3 is 0 Å². The van der Waals surface area contributed by atoms with Crippen LogP contribution in [0.1, 0.15) is 20.3 Å². The molecule has 0 fully saturated rings. The van der Waals surface area contributed by atoms with Crippen LogP contribution in [0, 0.1) is 0 Å². The van der Waals surface area contributed by atoms with E-state index in [1.165, 1.54) is 23.5 Å². The van der Waals surface area contributed by atoms with E-state index in [1.54, 1.807) is 30.0 Å². The number of benzene rings is 1. The molecule has 23 heavy (non-hydrogen) atoms. The van der Waals surface area contributed by atoms with Crippen LogP contribution in [0.4, 0.5) is 5.13 Å². The standard InChI is InChI=1S/C14H17N3O3S3/c1-3-10(2)21-14-17-16-13(22-14)15-12(18)9-23(19,20)11-7-5-4-6-8-11/h4-8,10H,3,9H2,1-2H3,(H,15,16,18). The fourth-order valence-electron chi connectivity index (χ4n) is 1.60. The molecule has 6 nitrogen and oxygen atoms in total. The third-order valence-electron chi connectivity index (χ3n) is 2.95. The van der Waals surface area contributed by atoms with E-state index < -0.39 is 21.5 Å². The Morgan fingerprint density at radius 1 is 1.30 bits per heavy atom. The smallest absolute Gasteiger partial charge is 0.241 e. The van der Waals surface area contributed by atoms with Crippen molar-refractivity contribution in [1.29, 1.82) is 0 Å². The molecular formula is C14H17N3O3S3. The largest absolute Gasteiger partial charge is 0.300 e. The van der Waals surface area contributed by atoms with Gasteiger partial charge in [-0.1, -0.05) is 55.1 Å². The van der Waals surface area contributed by atoms with Crippen LogP contribution in [0.15, 0.2) is 39.6 Å². The summed E-state index contributed by atoms with van der Waals surface area (Å²) in [5, 5.41) is 11.1. The lowest BCUT2D eigenvalue weighted by Gasteiger charge is -2.04. The van der Waals surface area contributed by atoms with E-state index >= 15 is 0 Å². The molecule has 1 N–H and O–H groups in total. The first-order chi connectivity index (χ1) is 10.9. The van der Waals surface area contributed by atoms with E-state index in [4.69, 9.17) is 0 Å². The molecule has 0 saturated carbocycles. The van der Waals surface area contributed by atoms with Gasteiger partial charge >= 0.3 is 0 Å². The summed E-state index contributed by atoms with van der Waals surface area (Å²) in [6.07, 6.45) is 1.00. The van der Waals surface area contributed by atoms with Crippen molar-refractivity contribution in [3.8, 4) is 0 Å². The number of carbonyl (C=O) groups is 1. The summed E-state index contributed by atoms with van der Waals surface area (Å²) < 4.78 is 25.0. The van der Waals surface area contributed by atoms with Gasteiger partial charge in [-0.2, -0.15) is 0 Å². The van der Waals surface area contributed by atoms with Crippen LogP contribution in [0.3, 0.4) is 0 Å². The van der Waals surface area contributed by atoms with E-state index in [9.17, 15) is 13.2 Å². The predicted octanol–water partition coefficient (Wildman–Crippen LogP) is 2.84. The first-order valence-electron chi connectivity index (χ1n) is 6.98. The van der Waals surface area contributed by atoms with E-state index in [0.29, 0.717) is 10.4 Å². The monoisotopic (exact) mass is 371 g/mol. The Morgan fingerprint density at radius 3 is 2.65 bits per heavy atom. The maximum absolute atomic E-state index is 12.1. The summed E-state index contributed by atoms with van der Waals surface area (Å²) in [5.74, 6) is -1.24. The Hall–Kier alpha value is -1.45. The van der Waals surface area contributed by atoms with Crippen molar-refractivity contribution < 1.29 is 13.2 Å². The lowest BCUT2D eigenvalue weighted by molar-refractivity contribution is -0.113. The highest BCUT2D eigenvalue weighted by Gasteiger charge is 2.20. The molecule has 0 aliphatic carbocycles. The minimum Gasteiger partial charge on any atom is -0.300 e. The summed E-state index contributed by atoms with van der Waals surface area (Å²) in [5.41, 5.74) is 0. The maximum Gasteiger partial charge on any atom is 0.241 e. The van der Waals surface area contributed by atoms with Crippen LogP contribution < -0.4 is 5.32 Å². The van der Waals surface area contributed by atoms with Crippen LogP contribution in [-0.4, -0.2) is 35.5 Å². The van der Waals surface area contributed by atoms with Gasteiger partial charge in [0.05, 0.1) is 4.90 Å². The second-order valence-electron chi connectivity index (χ2n) is 4.83. The normalized spacial score (nSPS) is 12.8. The number of aromatic nitrogens is 2. The molecule has 0 bridgehead atoms. The average Bonchev–Trinajstić information content (AvgIpc) is 2.94. The molecule has 1 heterocycles. The lowest BCUT2D eigenvalue weighted by Crippen LogP contribution is -2.22. The molecule has 2 aromatic rings. The van der Waals surface area contributed by atoms with Crippen molar-refractivity contribution in [2.45, 2.75) is 34.8 Å². The molecular weight excluding hydrogens is 354 g/mol. The average molecular weight is 372 g/mol. The summed E-state index contributed by atoms with van der Waals surface area (Å²) in [6, 6.07) is 7.89. The van der Waals surface area contributed by atoms with Crippen LogP contribution >= 0.6 is 23.1 Å². The van der Waals surface area contributed by atoms with Gasteiger partial charge in [-0.05, 0) is 18.6 Å². The number of nitrogens with zero attached hydrogens (tertiary/aromatic N) is 2. The molecule has 1 aromatic heterocycles. The van der Waals surface area contributed by atoms with Crippen LogP contribution in [0.2, 0.25) is 0 Å². The second kappa shape index (κ2) is 7.89. The molecule has 0 aliphatic rings. The van der Waals surface area contributed by atoms with E-state index in [-0.39, 0.29) is 4.90 Å². The first kappa shape index (κ1) is 17.9. The molecule has 9 heteroatoms. The Labute approximate surface area is 143 Å². The third-order valence-corrected chi connectivity index (χ3v) is 6.78. The fourth-order valence-corrected chi connectivity index (χ4v) is 4.77. The Bertz CT molecular complexity index is 760. The number of carbonyl (C=O) groups excluding carboxylic acids is 1. The zero-order valence-electron chi connectivity index (χ0n) is 12.7. The van der Waals surface area contributed by atoms with Crippen molar-refractivity contribution >= 4 is 44.0 Å². The Morgan fingerprint density at radius 2 is 2.00 bits per heavy atom. The number of rotatable bonds is 7. The van der Waals surface area contributed by atoms with Gasteiger partial charge in [-0.25, -0.2) is 8.42 Å². The van der Waals surface area contributed by atoms with Crippen molar-refractivity contribution in [2.24, 2.45) is 0 Å². The van der Waals surface area contributed by atoms with Gasteiger partial charge in [0, 0.05) is 5.25 Å². The SMILES string of the molecule is CCC(C)Sc1nnc(NC(=O)CS(=O)(=O)c2ccccc2)s1. The zero-order valence-corrected chi connectivity index (χ0v) is 15.2. The third kappa shape index (κ3) is 5.29. The number of nitrogens with one attached hydrogen (secondary N) is 1. The number of hydrogen-bond donors (Lipinski definition) is 1. The van der Waals surface area contributed by atoms with Gasteiger partial charge in [0.1, 0.15) is 5.75 Å². The van der Waals surface area contributed by atoms with Crippen LogP contribution in [0.25, 0.3) is 0 Å². The number of anilines is 1. The molecule has 0 radical (unpaired) electrons. The molecule has 0 aliphatic heterocycles. The van der Waals surface area contributed by atoms with E-state index in [2.05, 4.69) is 29.4 Å². The molecule has 1 amide bonds. The van der Waals surface area contributed by atoms with Crippen molar-refractivity contribution in [1.82, 2.24) is 10.2 Å². The summed E-state index contributed by atoms with van der Waals surface area (Å²) in [7, 11) is -3.66. The number of amides is 1. The molecule has 1 aromatic carbocycles. The number of sulfone groups is 1. The van der Waals surface area contributed by atoms with Gasteiger partial charge in [-0.15, -0.1) is 10.2 Å². The highest BCUT2D eigenvalue weighted by Crippen LogP contribution is 2.29. The maximum atomic E-state index is 12.1. The fraction of sp³-hybridized carbons (Fsp3) is 0.357. The van der Waals surface area contributed by atoms with Crippen molar-refractivity contribution in [3.63, 3.8) is 0 Å². The molecule has 1 unspecified atom stereocenters.